The van der Waals surface area contributed by atoms with E-state index in [0.717, 1.165) is 25.8 Å². The molecule has 0 radical (unpaired) electrons. The van der Waals surface area contributed by atoms with Crippen LogP contribution in [0.3, 0.4) is 0 Å². The van der Waals surface area contributed by atoms with E-state index >= 15 is 0 Å². The summed E-state index contributed by atoms with van der Waals surface area (Å²) in [5.74, 6) is 1.86. The number of nitrogens with one attached hydrogen (secondary N) is 1. The van der Waals surface area contributed by atoms with Crippen LogP contribution in [0.1, 0.15) is 43.4 Å². The van der Waals surface area contributed by atoms with E-state index in [1.54, 1.807) is 25.4 Å². The van der Waals surface area contributed by atoms with Crippen LogP contribution >= 0.6 is 0 Å². The molecule has 122 valence electrons. The zero-order valence-electron chi connectivity index (χ0n) is 13.1. The minimum absolute atomic E-state index is 0.0506. The number of aryl methyl sites for hydroxylation is 1. The van der Waals surface area contributed by atoms with Gasteiger partial charge in [0.15, 0.2) is 5.82 Å². The minimum atomic E-state index is -0.0506. The van der Waals surface area contributed by atoms with Crippen molar-refractivity contribution in [1.82, 2.24) is 25.0 Å². The molecule has 2 aromatic rings. The predicted octanol–water partition coefficient (Wildman–Crippen LogP) is 1.72. The third-order valence-corrected chi connectivity index (χ3v) is 3.83. The largest absolute Gasteiger partial charge is 0.354 e. The third kappa shape index (κ3) is 3.82. The van der Waals surface area contributed by atoms with Gasteiger partial charge in [0.1, 0.15) is 0 Å². The Morgan fingerprint density at radius 1 is 1.43 bits per heavy atom. The molecule has 0 aliphatic carbocycles. The number of amides is 1. The molecule has 23 heavy (non-hydrogen) atoms. The van der Waals surface area contributed by atoms with E-state index in [9.17, 15) is 4.79 Å². The molecule has 8 nitrogen and oxygen atoms in total. The molecule has 2 aromatic heterocycles. The van der Waals surface area contributed by atoms with E-state index in [0.29, 0.717) is 30.6 Å². The lowest BCUT2D eigenvalue weighted by Gasteiger charge is -2.22. The second-order valence-corrected chi connectivity index (χ2v) is 5.52. The fourth-order valence-electron chi connectivity index (χ4n) is 2.76. The predicted molar refractivity (Wildman–Crippen MR) is 82.5 cm³/mol. The van der Waals surface area contributed by atoms with Crippen molar-refractivity contribution in [2.75, 3.05) is 18.4 Å². The Bertz CT molecular complexity index is 644. The van der Waals surface area contributed by atoms with E-state index in [2.05, 4.69) is 25.4 Å². The molecule has 1 N–H and O–H groups in total. The summed E-state index contributed by atoms with van der Waals surface area (Å²) in [4.78, 5) is 26.7. The van der Waals surface area contributed by atoms with Crippen LogP contribution in [0.25, 0.3) is 0 Å². The van der Waals surface area contributed by atoms with Gasteiger partial charge >= 0.3 is 0 Å². The summed E-state index contributed by atoms with van der Waals surface area (Å²) in [6.45, 7) is 3.18. The highest BCUT2D eigenvalue weighted by atomic mass is 16.5. The average molecular weight is 316 g/mol. The average Bonchev–Trinajstić information content (AvgIpc) is 3.21. The van der Waals surface area contributed by atoms with Crippen LogP contribution in [0.5, 0.6) is 0 Å². The van der Waals surface area contributed by atoms with Crippen LogP contribution in [0.15, 0.2) is 23.0 Å². The molecule has 1 saturated heterocycles. The van der Waals surface area contributed by atoms with E-state index in [1.807, 2.05) is 4.90 Å². The Kier molecular flexibility index (Phi) is 4.80. The monoisotopic (exact) mass is 316 g/mol. The molecule has 0 unspecified atom stereocenters. The van der Waals surface area contributed by atoms with E-state index in [1.165, 1.54) is 0 Å². The number of carbonyl (C=O) groups is 1. The van der Waals surface area contributed by atoms with Crippen molar-refractivity contribution in [3.63, 3.8) is 0 Å². The van der Waals surface area contributed by atoms with E-state index in [-0.39, 0.29) is 11.9 Å². The van der Waals surface area contributed by atoms with Gasteiger partial charge < -0.3 is 14.7 Å². The first kappa shape index (κ1) is 15.4. The Labute approximate surface area is 134 Å². The Morgan fingerprint density at radius 3 is 3.00 bits per heavy atom. The van der Waals surface area contributed by atoms with Crippen molar-refractivity contribution in [1.29, 1.82) is 0 Å². The fraction of sp³-hybridized carbons (Fsp3) is 0.533. The summed E-state index contributed by atoms with van der Waals surface area (Å²) in [5.41, 5.74) is 0. The van der Waals surface area contributed by atoms with Crippen LogP contribution in [-0.2, 0) is 4.79 Å². The van der Waals surface area contributed by atoms with Gasteiger partial charge in [-0.2, -0.15) is 4.98 Å². The molecule has 1 aliphatic heterocycles. The van der Waals surface area contributed by atoms with Crippen LogP contribution in [0.2, 0.25) is 0 Å². The number of likely N-dealkylation sites (tertiary alicyclic amines) is 1. The number of carbonyl (C=O) groups excluding carboxylic acids is 1. The van der Waals surface area contributed by atoms with Crippen LogP contribution in [-0.4, -0.2) is 44.0 Å². The highest BCUT2D eigenvalue weighted by molar-refractivity contribution is 5.76. The van der Waals surface area contributed by atoms with Gasteiger partial charge in [-0.25, -0.2) is 9.97 Å². The maximum atomic E-state index is 12.4. The molecule has 1 amide bonds. The highest BCUT2D eigenvalue weighted by Gasteiger charge is 2.32. The summed E-state index contributed by atoms with van der Waals surface area (Å²) in [6.07, 6.45) is 6.43. The normalized spacial score (nSPS) is 17.4. The standard InChI is InChI=1S/C15H20N6O2/c1-11-19-14(20-23-11)12-5-3-10-21(12)13(22)6-2-7-16-15-17-8-4-9-18-15/h4,8-9,12H,2-3,5-7,10H2,1H3,(H,16,17,18)/t12-/m1/s1. The molecular formula is C15H20N6O2. The van der Waals surface area contributed by atoms with Crippen molar-refractivity contribution >= 4 is 11.9 Å². The van der Waals surface area contributed by atoms with E-state index < -0.39 is 0 Å². The van der Waals surface area contributed by atoms with Crippen LogP contribution < -0.4 is 5.32 Å². The molecule has 0 bridgehead atoms. The van der Waals surface area contributed by atoms with E-state index in [4.69, 9.17) is 4.52 Å². The number of anilines is 1. The topological polar surface area (TPSA) is 97.0 Å². The van der Waals surface area contributed by atoms with Crippen molar-refractivity contribution in [2.24, 2.45) is 0 Å². The second kappa shape index (κ2) is 7.17. The molecule has 0 saturated carbocycles. The second-order valence-electron chi connectivity index (χ2n) is 5.52. The molecule has 1 atom stereocenters. The van der Waals surface area contributed by atoms with Gasteiger partial charge in [-0.05, 0) is 25.3 Å². The first-order valence-corrected chi connectivity index (χ1v) is 7.84. The molecule has 0 spiro atoms. The summed E-state index contributed by atoms with van der Waals surface area (Å²) in [6, 6.07) is 1.72. The molecule has 3 heterocycles. The smallest absolute Gasteiger partial charge is 0.223 e. The first-order valence-electron chi connectivity index (χ1n) is 7.84. The number of rotatable bonds is 6. The molecule has 0 aromatic carbocycles. The minimum Gasteiger partial charge on any atom is -0.354 e. The lowest BCUT2D eigenvalue weighted by atomic mass is 10.2. The van der Waals surface area contributed by atoms with Crippen molar-refractivity contribution in [3.05, 3.63) is 30.2 Å². The van der Waals surface area contributed by atoms with Crippen molar-refractivity contribution in [3.8, 4) is 0 Å². The van der Waals surface area contributed by atoms with Crippen LogP contribution in [0, 0.1) is 6.92 Å². The van der Waals surface area contributed by atoms with Crippen LogP contribution in [0.4, 0.5) is 5.95 Å². The Balaban J connectivity index is 1.47. The van der Waals surface area contributed by atoms with Gasteiger partial charge in [0, 0.05) is 38.8 Å². The number of hydrogen-bond acceptors (Lipinski definition) is 7. The summed E-state index contributed by atoms with van der Waals surface area (Å²) in [7, 11) is 0. The molecule has 3 rings (SSSR count). The number of aromatic nitrogens is 4. The van der Waals surface area contributed by atoms with Gasteiger partial charge in [-0.3, -0.25) is 4.79 Å². The fourth-order valence-corrected chi connectivity index (χ4v) is 2.76. The van der Waals surface area contributed by atoms with Gasteiger partial charge in [-0.1, -0.05) is 5.16 Å². The summed E-state index contributed by atoms with van der Waals surface area (Å²) < 4.78 is 5.03. The SMILES string of the molecule is Cc1nc([C@H]2CCCN2C(=O)CCCNc2ncccn2)no1. The molecular weight excluding hydrogens is 296 g/mol. The Morgan fingerprint density at radius 2 is 2.26 bits per heavy atom. The lowest BCUT2D eigenvalue weighted by Crippen LogP contribution is -2.31. The lowest BCUT2D eigenvalue weighted by molar-refractivity contribution is -0.132. The molecule has 1 fully saturated rings. The van der Waals surface area contributed by atoms with Gasteiger partial charge in [-0.15, -0.1) is 0 Å². The van der Waals surface area contributed by atoms with Gasteiger partial charge in [0.25, 0.3) is 0 Å². The van der Waals surface area contributed by atoms with Crippen molar-refractivity contribution in [2.45, 2.75) is 38.6 Å². The first-order chi connectivity index (χ1) is 11.2. The third-order valence-electron chi connectivity index (χ3n) is 3.83. The number of hydrogen-bond donors (Lipinski definition) is 1. The van der Waals surface area contributed by atoms with Gasteiger partial charge in [0.05, 0.1) is 6.04 Å². The molecule has 1 aliphatic rings. The van der Waals surface area contributed by atoms with Crippen molar-refractivity contribution < 1.29 is 9.32 Å². The molecule has 8 heteroatoms. The summed E-state index contributed by atoms with van der Waals surface area (Å²) in [5, 5.41) is 7.06. The summed E-state index contributed by atoms with van der Waals surface area (Å²) >= 11 is 0. The highest BCUT2D eigenvalue weighted by Crippen LogP contribution is 2.30. The van der Waals surface area contributed by atoms with Gasteiger partial charge in [0.2, 0.25) is 17.7 Å². The quantitative estimate of drug-likeness (QED) is 0.810. The maximum absolute atomic E-state index is 12.4. The zero-order chi connectivity index (χ0) is 16.1. The number of nitrogens with zero attached hydrogens (tertiary/aromatic N) is 5. The zero-order valence-corrected chi connectivity index (χ0v) is 13.1. The maximum Gasteiger partial charge on any atom is 0.223 e. The Hall–Kier alpha value is -2.51.